The van der Waals surface area contributed by atoms with E-state index in [1.54, 1.807) is 11.2 Å². The van der Waals surface area contributed by atoms with E-state index in [0.717, 1.165) is 23.6 Å². The van der Waals surface area contributed by atoms with Gasteiger partial charge in [0.2, 0.25) is 11.9 Å². The normalized spacial score (nSPS) is 14.2. The first-order chi connectivity index (χ1) is 16.0. The minimum atomic E-state index is 0.0899. The number of pyridine rings is 1. The number of carbonyl (C=O) groups is 1. The van der Waals surface area contributed by atoms with Gasteiger partial charge in [0.25, 0.3) is 0 Å². The third-order valence-corrected chi connectivity index (χ3v) is 6.02. The molecule has 5 rings (SSSR count). The summed E-state index contributed by atoms with van der Waals surface area (Å²) < 4.78 is 1.82. The molecule has 33 heavy (non-hydrogen) atoms. The summed E-state index contributed by atoms with van der Waals surface area (Å²) in [4.78, 5) is 24.5. The van der Waals surface area contributed by atoms with E-state index < -0.39 is 0 Å². The lowest BCUT2D eigenvalue weighted by Gasteiger charge is -2.32. The summed E-state index contributed by atoms with van der Waals surface area (Å²) in [6.45, 7) is 6.50. The smallest absolute Gasteiger partial charge is 0.241 e. The quantitative estimate of drug-likeness (QED) is 0.508. The second kappa shape index (κ2) is 8.50. The van der Waals surface area contributed by atoms with Crippen LogP contribution in [0.25, 0.3) is 16.8 Å². The molecule has 1 amide bonds. The van der Waals surface area contributed by atoms with Gasteiger partial charge in [-0.3, -0.25) is 14.2 Å². The largest absolute Gasteiger partial charge is 0.350 e. The molecule has 1 N–H and O–H groups in total. The molecule has 1 fully saturated rings. The van der Waals surface area contributed by atoms with Crippen LogP contribution in [0.4, 0.5) is 11.8 Å². The maximum absolute atomic E-state index is 12.0. The van der Waals surface area contributed by atoms with E-state index in [4.69, 9.17) is 0 Å². The van der Waals surface area contributed by atoms with E-state index in [1.807, 2.05) is 41.6 Å². The fourth-order valence-corrected chi connectivity index (χ4v) is 4.09. The zero-order valence-electron chi connectivity index (χ0n) is 19.0. The van der Waals surface area contributed by atoms with Crippen LogP contribution in [0.2, 0.25) is 0 Å². The van der Waals surface area contributed by atoms with Crippen LogP contribution in [-0.4, -0.2) is 62.1 Å². The molecule has 9 heteroatoms. The van der Waals surface area contributed by atoms with Crippen molar-refractivity contribution in [3.05, 3.63) is 65.7 Å². The van der Waals surface area contributed by atoms with Crippen molar-refractivity contribution in [1.82, 2.24) is 29.5 Å². The molecule has 9 nitrogen and oxygen atoms in total. The highest BCUT2D eigenvalue weighted by atomic mass is 16.2. The Hall–Kier alpha value is -4.01. The van der Waals surface area contributed by atoms with Crippen molar-refractivity contribution in [2.45, 2.75) is 20.4 Å². The van der Waals surface area contributed by atoms with E-state index in [0.29, 0.717) is 31.2 Å². The summed E-state index contributed by atoms with van der Waals surface area (Å²) in [5.74, 6) is 1.46. The van der Waals surface area contributed by atoms with Crippen LogP contribution in [-0.2, 0) is 11.3 Å². The van der Waals surface area contributed by atoms with Crippen molar-refractivity contribution < 1.29 is 4.79 Å². The first-order valence-corrected chi connectivity index (χ1v) is 10.9. The molecule has 1 aliphatic heterocycles. The number of piperazine rings is 1. The average Bonchev–Trinajstić information content (AvgIpc) is 3.22. The van der Waals surface area contributed by atoms with Gasteiger partial charge in [0.15, 0.2) is 5.65 Å². The molecule has 0 unspecified atom stereocenters. The molecule has 3 aromatic heterocycles. The Balaban J connectivity index is 1.30. The first-order valence-electron chi connectivity index (χ1n) is 10.9. The number of hydrogen-bond acceptors (Lipinski definition) is 7. The number of nitrogens with zero attached hydrogens (tertiary/aromatic N) is 7. The predicted octanol–water partition coefficient (Wildman–Crippen LogP) is 2.69. The Bertz CT molecular complexity index is 1330. The summed E-state index contributed by atoms with van der Waals surface area (Å²) in [6, 6.07) is 12.5. The van der Waals surface area contributed by atoms with Crippen molar-refractivity contribution in [1.29, 1.82) is 0 Å². The summed E-state index contributed by atoms with van der Waals surface area (Å²) in [5.41, 5.74) is 6.43. The highest BCUT2D eigenvalue weighted by Gasteiger charge is 2.22. The molecule has 4 heterocycles. The molecule has 0 saturated carbocycles. The number of carbonyl (C=O) groups excluding carboxylic acids is 1. The lowest BCUT2D eigenvalue weighted by Crippen LogP contribution is -2.48. The third-order valence-electron chi connectivity index (χ3n) is 6.02. The zero-order valence-corrected chi connectivity index (χ0v) is 19.0. The Kier molecular flexibility index (Phi) is 5.37. The molecule has 0 radical (unpaired) electrons. The van der Waals surface area contributed by atoms with Crippen molar-refractivity contribution in [2.75, 3.05) is 36.9 Å². The maximum atomic E-state index is 12.0. The fourth-order valence-electron chi connectivity index (χ4n) is 4.09. The van der Waals surface area contributed by atoms with Crippen molar-refractivity contribution in [3.63, 3.8) is 0 Å². The molecule has 1 aliphatic rings. The van der Waals surface area contributed by atoms with Gasteiger partial charge in [0, 0.05) is 44.6 Å². The Morgan fingerprint density at radius 2 is 1.91 bits per heavy atom. The minimum absolute atomic E-state index is 0.0899. The number of aryl methyl sites for hydroxylation is 2. The molecule has 0 atom stereocenters. The van der Waals surface area contributed by atoms with Gasteiger partial charge in [0.05, 0.1) is 6.54 Å². The van der Waals surface area contributed by atoms with E-state index in [-0.39, 0.29) is 5.91 Å². The molecular weight excluding hydrogens is 416 g/mol. The molecular formula is C24H26N8O. The monoisotopic (exact) mass is 442 g/mol. The lowest BCUT2D eigenvalue weighted by molar-refractivity contribution is -0.129. The van der Waals surface area contributed by atoms with Gasteiger partial charge in [0.1, 0.15) is 12.1 Å². The molecule has 0 spiro atoms. The van der Waals surface area contributed by atoms with Crippen molar-refractivity contribution in [2.24, 2.45) is 0 Å². The number of fused-ring (bicyclic) bond motifs is 1. The highest BCUT2D eigenvalue weighted by Crippen LogP contribution is 2.25. The molecule has 168 valence electrons. The predicted molar refractivity (Wildman–Crippen MR) is 127 cm³/mol. The fraction of sp³-hybridized carbons (Fsp3) is 0.292. The van der Waals surface area contributed by atoms with Gasteiger partial charge in [-0.1, -0.05) is 18.2 Å². The molecule has 1 aromatic carbocycles. The number of benzene rings is 1. The number of anilines is 2. The summed E-state index contributed by atoms with van der Waals surface area (Å²) in [6.07, 6.45) is 3.55. The molecule has 4 aromatic rings. The number of hydrogen-bond donors (Lipinski definition) is 1. The van der Waals surface area contributed by atoms with Crippen LogP contribution in [0.3, 0.4) is 0 Å². The zero-order chi connectivity index (χ0) is 22.9. The lowest BCUT2D eigenvalue weighted by atomic mass is 9.98. The van der Waals surface area contributed by atoms with Gasteiger partial charge >= 0.3 is 0 Å². The molecule has 1 saturated heterocycles. The number of likely N-dealkylation sites (N-methyl/N-ethyl adjacent to an activating group) is 1. The second-order valence-corrected chi connectivity index (χ2v) is 8.42. The van der Waals surface area contributed by atoms with E-state index in [1.165, 1.54) is 16.7 Å². The number of nitrogens with one attached hydrogen (secondary N) is 1. The minimum Gasteiger partial charge on any atom is -0.350 e. The number of aromatic nitrogens is 5. The van der Waals surface area contributed by atoms with Crippen LogP contribution in [0.15, 0.2) is 48.9 Å². The van der Waals surface area contributed by atoms with Crippen molar-refractivity contribution >= 4 is 23.3 Å². The summed E-state index contributed by atoms with van der Waals surface area (Å²) in [5, 5.41) is 11.9. The average molecular weight is 443 g/mol. The van der Waals surface area contributed by atoms with E-state index in [9.17, 15) is 4.79 Å². The first kappa shape index (κ1) is 20.9. The SMILES string of the molecule is Cc1cc(-c2ccc(CNc3nnc4cc(N5CCN(C)C(=O)C5)ncn34)cc2C)ccn1. The third kappa shape index (κ3) is 4.21. The standard InChI is InChI=1S/C24H26N8O/c1-16-10-18(4-5-20(16)19-6-7-25-17(2)11-19)13-26-24-29-28-22-12-21(27-15-32(22)24)31-9-8-30(3)23(33)14-31/h4-7,10-12,15H,8-9,13-14H2,1-3H3,(H,26,29). The Morgan fingerprint density at radius 1 is 1.03 bits per heavy atom. The van der Waals surface area contributed by atoms with Gasteiger partial charge in [-0.05, 0) is 48.2 Å². The van der Waals surface area contributed by atoms with Gasteiger partial charge < -0.3 is 15.1 Å². The maximum Gasteiger partial charge on any atom is 0.241 e. The molecule has 0 bridgehead atoms. The summed E-state index contributed by atoms with van der Waals surface area (Å²) >= 11 is 0. The Labute approximate surface area is 192 Å². The van der Waals surface area contributed by atoms with Crippen LogP contribution in [0.5, 0.6) is 0 Å². The Morgan fingerprint density at radius 3 is 2.70 bits per heavy atom. The number of amides is 1. The van der Waals surface area contributed by atoms with Crippen LogP contribution < -0.4 is 10.2 Å². The van der Waals surface area contributed by atoms with Gasteiger partial charge in [-0.2, -0.15) is 0 Å². The van der Waals surface area contributed by atoms with Crippen LogP contribution in [0.1, 0.15) is 16.8 Å². The van der Waals surface area contributed by atoms with Crippen LogP contribution >= 0.6 is 0 Å². The number of rotatable bonds is 5. The van der Waals surface area contributed by atoms with Gasteiger partial charge in [-0.25, -0.2) is 4.98 Å². The highest BCUT2D eigenvalue weighted by molar-refractivity contribution is 5.82. The second-order valence-electron chi connectivity index (χ2n) is 8.42. The summed E-state index contributed by atoms with van der Waals surface area (Å²) in [7, 11) is 1.82. The molecule has 0 aliphatic carbocycles. The topological polar surface area (TPSA) is 91.5 Å². The van der Waals surface area contributed by atoms with Crippen molar-refractivity contribution in [3.8, 4) is 11.1 Å². The van der Waals surface area contributed by atoms with Gasteiger partial charge in [-0.15, -0.1) is 10.2 Å². The van der Waals surface area contributed by atoms with E-state index in [2.05, 4.69) is 56.7 Å². The van der Waals surface area contributed by atoms with Crippen LogP contribution in [0, 0.1) is 13.8 Å². The van der Waals surface area contributed by atoms with E-state index >= 15 is 0 Å².